The van der Waals surface area contributed by atoms with Crippen LogP contribution in [0.5, 0.6) is 0 Å². The SMILES string of the molecule is O=C1Cc2cc(-c3nc(Br)c4ccccn34)ccc2N1. The first-order valence-electron chi connectivity index (χ1n) is 6.28. The standard InChI is InChI=1S/C15H10BrN3O/c16-14-12-3-1-2-6-19(12)15(18-14)9-4-5-11-10(7-9)8-13(20)17-11/h1-7H,8H2,(H,17,20). The number of pyridine rings is 1. The maximum Gasteiger partial charge on any atom is 0.228 e. The average molecular weight is 328 g/mol. The van der Waals surface area contributed by atoms with Crippen molar-refractivity contribution < 1.29 is 4.79 Å². The first-order valence-corrected chi connectivity index (χ1v) is 7.07. The van der Waals surface area contributed by atoms with Crippen LogP contribution in [-0.2, 0) is 11.2 Å². The Kier molecular flexibility index (Phi) is 2.44. The molecular weight excluding hydrogens is 318 g/mol. The summed E-state index contributed by atoms with van der Waals surface area (Å²) in [5.41, 5.74) is 3.96. The Labute approximate surface area is 123 Å². The third-order valence-electron chi connectivity index (χ3n) is 3.49. The molecule has 1 aromatic carbocycles. The summed E-state index contributed by atoms with van der Waals surface area (Å²) in [5.74, 6) is 0.918. The maximum atomic E-state index is 11.4. The van der Waals surface area contributed by atoms with Gasteiger partial charge in [0.25, 0.3) is 0 Å². The normalized spacial score (nSPS) is 13.6. The van der Waals surface area contributed by atoms with Crippen molar-refractivity contribution in [2.75, 3.05) is 5.32 Å². The van der Waals surface area contributed by atoms with E-state index in [0.29, 0.717) is 6.42 Å². The van der Waals surface area contributed by atoms with Crippen molar-refractivity contribution in [1.29, 1.82) is 0 Å². The van der Waals surface area contributed by atoms with E-state index in [2.05, 4.69) is 26.2 Å². The number of hydrogen-bond acceptors (Lipinski definition) is 2. The van der Waals surface area contributed by atoms with Crippen LogP contribution in [0, 0.1) is 0 Å². The summed E-state index contributed by atoms with van der Waals surface area (Å²) in [6.07, 6.45) is 2.42. The van der Waals surface area contributed by atoms with Crippen LogP contribution in [0.4, 0.5) is 5.69 Å². The van der Waals surface area contributed by atoms with Crippen molar-refractivity contribution in [3.05, 3.63) is 52.8 Å². The van der Waals surface area contributed by atoms with Gasteiger partial charge in [0.2, 0.25) is 5.91 Å². The van der Waals surface area contributed by atoms with Crippen LogP contribution in [-0.4, -0.2) is 15.3 Å². The van der Waals surface area contributed by atoms with Crippen molar-refractivity contribution in [1.82, 2.24) is 9.38 Å². The highest BCUT2D eigenvalue weighted by Gasteiger charge is 2.19. The van der Waals surface area contributed by atoms with Gasteiger partial charge in [0.1, 0.15) is 10.4 Å². The first-order chi connectivity index (χ1) is 9.72. The Morgan fingerprint density at radius 3 is 3.05 bits per heavy atom. The molecule has 0 saturated carbocycles. The molecule has 0 aliphatic carbocycles. The lowest BCUT2D eigenvalue weighted by Gasteiger charge is -2.03. The fourth-order valence-electron chi connectivity index (χ4n) is 2.57. The number of fused-ring (bicyclic) bond motifs is 2. The van der Waals surface area contributed by atoms with E-state index in [4.69, 9.17) is 0 Å². The maximum absolute atomic E-state index is 11.4. The van der Waals surface area contributed by atoms with Gasteiger partial charge in [-0.2, -0.15) is 0 Å². The minimum Gasteiger partial charge on any atom is -0.326 e. The Balaban J connectivity index is 1.92. The summed E-state index contributed by atoms with van der Waals surface area (Å²) in [7, 11) is 0. The van der Waals surface area contributed by atoms with E-state index in [-0.39, 0.29) is 5.91 Å². The number of nitrogens with zero attached hydrogens (tertiary/aromatic N) is 2. The molecular formula is C15H10BrN3O. The molecule has 4 nitrogen and oxygen atoms in total. The van der Waals surface area contributed by atoms with Gasteiger partial charge in [-0.25, -0.2) is 4.98 Å². The van der Waals surface area contributed by atoms with Crippen molar-refractivity contribution in [2.45, 2.75) is 6.42 Å². The van der Waals surface area contributed by atoms with Crippen LogP contribution >= 0.6 is 15.9 Å². The second kappa shape index (κ2) is 4.18. The van der Waals surface area contributed by atoms with E-state index >= 15 is 0 Å². The Morgan fingerprint density at radius 2 is 2.15 bits per heavy atom. The van der Waals surface area contributed by atoms with Crippen LogP contribution in [0.25, 0.3) is 16.9 Å². The number of nitrogens with one attached hydrogen (secondary N) is 1. The molecule has 98 valence electrons. The van der Waals surface area contributed by atoms with Crippen molar-refractivity contribution in [2.24, 2.45) is 0 Å². The van der Waals surface area contributed by atoms with Crippen LogP contribution in [0.3, 0.4) is 0 Å². The highest BCUT2D eigenvalue weighted by molar-refractivity contribution is 9.10. The number of benzene rings is 1. The lowest BCUT2D eigenvalue weighted by molar-refractivity contribution is -0.115. The van der Waals surface area contributed by atoms with Gasteiger partial charge < -0.3 is 5.32 Å². The van der Waals surface area contributed by atoms with Gasteiger partial charge in [-0.3, -0.25) is 9.20 Å². The minimum absolute atomic E-state index is 0.0475. The second-order valence-corrected chi connectivity index (χ2v) is 5.53. The lowest BCUT2D eigenvalue weighted by Crippen LogP contribution is -2.03. The zero-order valence-corrected chi connectivity index (χ0v) is 12.0. The summed E-state index contributed by atoms with van der Waals surface area (Å²) >= 11 is 3.49. The van der Waals surface area contributed by atoms with Gasteiger partial charge in [0.15, 0.2) is 0 Å². The molecule has 0 radical (unpaired) electrons. The molecule has 20 heavy (non-hydrogen) atoms. The predicted octanol–water partition coefficient (Wildman–Crippen LogP) is 3.26. The van der Waals surface area contributed by atoms with Gasteiger partial charge >= 0.3 is 0 Å². The highest BCUT2D eigenvalue weighted by Crippen LogP contribution is 2.30. The van der Waals surface area contributed by atoms with Crippen LogP contribution in [0.2, 0.25) is 0 Å². The second-order valence-electron chi connectivity index (χ2n) is 4.78. The average Bonchev–Trinajstić information content (AvgIpc) is 2.98. The van der Waals surface area contributed by atoms with Gasteiger partial charge in [-0.15, -0.1) is 0 Å². The monoisotopic (exact) mass is 327 g/mol. The van der Waals surface area contributed by atoms with E-state index in [1.807, 2.05) is 47.0 Å². The fraction of sp³-hybridized carbons (Fsp3) is 0.0667. The highest BCUT2D eigenvalue weighted by atomic mass is 79.9. The largest absolute Gasteiger partial charge is 0.326 e. The first kappa shape index (κ1) is 11.7. The Morgan fingerprint density at radius 1 is 1.25 bits per heavy atom. The van der Waals surface area contributed by atoms with Gasteiger partial charge in [0, 0.05) is 17.4 Å². The molecule has 1 aliphatic heterocycles. The smallest absolute Gasteiger partial charge is 0.228 e. The fourth-order valence-corrected chi connectivity index (χ4v) is 3.06. The van der Waals surface area contributed by atoms with Crippen LogP contribution in [0.15, 0.2) is 47.2 Å². The Bertz CT molecular complexity index is 853. The minimum atomic E-state index is 0.0475. The molecule has 1 amide bonds. The number of carbonyl (C=O) groups excluding carboxylic acids is 1. The number of imidazole rings is 1. The van der Waals surface area contributed by atoms with Gasteiger partial charge in [0.05, 0.1) is 11.9 Å². The van der Waals surface area contributed by atoms with Crippen molar-refractivity contribution in [3.8, 4) is 11.4 Å². The molecule has 0 bridgehead atoms. The zero-order chi connectivity index (χ0) is 13.7. The molecule has 0 unspecified atom stereocenters. The van der Waals surface area contributed by atoms with Crippen LogP contribution < -0.4 is 5.32 Å². The summed E-state index contributed by atoms with van der Waals surface area (Å²) in [6.45, 7) is 0. The number of carbonyl (C=O) groups is 1. The van der Waals surface area contributed by atoms with Crippen molar-refractivity contribution >= 4 is 33.0 Å². The molecule has 1 aliphatic rings. The summed E-state index contributed by atoms with van der Waals surface area (Å²) in [6, 6.07) is 11.9. The topological polar surface area (TPSA) is 46.4 Å². The predicted molar refractivity (Wildman–Crippen MR) is 80.7 cm³/mol. The van der Waals surface area contributed by atoms with Gasteiger partial charge in [-0.05, 0) is 51.8 Å². The number of amides is 1. The number of halogens is 1. The summed E-state index contributed by atoms with van der Waals surface area (Å²) in [5, 5.41) is 2.84. The molecule has 3 heterocycles. The molecule has 4 rings (SSSR count). The molecule has 0 spiro atoms. The van der Waals surface area contributed by atoms with Crippen molar-refractivity contribution in [3.63, 3.8) is 0 Å². The summed E-state index contributed by atoms with van der Waals surface area (Å²) in [4.78, 5) is 16.0. The number of rotatable bonds is 1. The molecule has 5 heteroatoms. The third kappa shape index (κ3) is 1.67. The van der Waals surface area contributed by atoms with E-state index < -0.39 is 0 Å². The molecule has 0 fully saturated rings. The number of anilines is 1. The molecule has 0 atom stereocenters. The molecule has 2 aromatic heterocycles. The quantitative estimate of drug-likeness (QED) is 0.745. The Hall–Kier alpha value is -2.14. The molecule has 0 saturated heterocycles. The van der Waals surface area contributed by atoms with E-state index in [9.17, 15) is 4.79 Å². The molecule has 1 N–H and O–H groups in total. The zero-order valence-electron chi connectivity index (χ0n) is 10.4. The molecule has 3 aromatic rings. The van der Waals surface area contributed by atoms with E-state index in [1.165, 1.54) is 0 Å². The summed E-state index contributed by atoms with van der Waals surface area (Å²) < 4.78 is 2.86. The van der Waals surface area contributed by atoms with E-state index in [1.54, 1.807) is 0 Å². The third-order valence-corrected chi connectivity index (χ3v) is 4.08. The van der Waals surface area contributed by atoms with E-state index in [0.717, 1.165) is 32.8 Å². The lowest BCUT2D eigenvalue weighted by atomic mass is 10.1. The number of aromatic nitrogens is 2. The van der Waals surface area contributed by atoms with Gasteiger partial charge in [-0.1, -0.05) is 6.07 Å². The number of hydrogen-bond donors (Lipinski definition) is 1. The van der Waals surface area contributed by atoms with Crippen LogP contribution in [0.1, 0.15) is 5.56 Å².